The zero-order valence-corrected chi connectivity index (χ0v) is 14.8. The number of rotatable bonds is 5. The van der Waals surface area contributed by atoms with Crippen LogP contribution in [0, 0.1) is 0 Å². The van der Waals surface area contributed by atoms with Crippen LogP contribution in [-0.4, -0.2) is 64.9 Å². The summed E-state index contributed by atoms with van der Waals surface area (Å²) in [7, 11) is 0. The first-order valence-corrected chi connectivity index (χ1v) is 9.23. The molecule has 1 aromatic heterocycles. The number of nitrogens with one attached hydrogen (secondary N) is 1. The van der Waals surface area contributed by atoms with Crippen molar-refractivity contribution in [3.63, 3.8) is 0 Å². The Balaban J connectivity index is 1.29. The van der Waals surface area contributed by atoms with Crippen LogP contribution in [0.25, 0.3) is 5.69 Å². The predicted octanol–water partition coefficient (Wildman–Crippen LogP) is 1.51. The van der Waals surface area contributed by atoms with E-state index >= 15 is 0 Å². The molecule has 6 nitrogen and oxygen atoms in total. The number of hydrogen-bond acceptors (Lipinski definition) is 3. The Labute approximate surface area is 153 Å². The summed E-state index contributed by atoms with van der Waals surface area (Å²) >= 11 is 0. The Morgan fingerprint density at radius 1 is 0.962 bits per heavy atom. The third-order valence-corrected chi connectivity index (χ3v) is 4.99. The molecule has 2 heterocycles. The molecule has 2 fully saturated rings. The topological polar surface area (TPSA) is 57.6 Å². The van der Waals surface area contributed by atoms with Crippen molar-refractivity contribution in [2.45, 2.75) is 18.9 Å². The van der Waals surface area contributed by atoms with Gasteiger partial charge in [-0.05, 0) is 49.2 Å². The highest BCUT2D eigenvalue weighted by atomic mass is 16.2. The normalized spacial score (nSPS) is 17.9. The lowest BCUT2D eigenvalue weighted by molar-refractivity contribution is -0.122. The molecule has 2 aliphatic rings. The molecule has 0 unspecified atom stereocenters. The summed E-state index contributed by atoms with van der Waals surface area (Å²) in [5.41, 5.74) is 1.75. The summed E-state index contributed by atoms with van der Waals surface area (Å²) in [6.45, 7) is 3.24. The van der Waals surface area contributed by atoms with Crippen LogP contribution in [-0.2, 0) is 4.79 Å². The second-order valence-corrected chi connectivity index (χ2v) is 7.05. The molecule has 0 atom stereocenters. The number of carbonyl (C=O) groups excluding carboxylic acids is 2. The van der Waals surface area contributed by atoms with Gasteiger partial charge in [0.1, 0.15) is 0 Å². The number of aromatic nitrogens is 1. The maximum Gasteiger partial charge on any atom is 0.253 e. The Hall–Kier alpha value is -2.60. The van der Waals surface area contributed by atoms with Gasteiger partial charge < -0.3 is 14.8 Å². The fraction of sp³-hybridized carbons (Fsp3) is 0.400. The SMILES string of the molecule is O=C(CN1CCN(C(=O)c2ccc(-n3cccc3)cc2)CC1)NC1CC1. The molecular weight excluding hydrogens is 328 g/mol. The molecule has 1 N–H and O–H groups in total. The number of amides is 2. The second kappa shape index (κ2) is 7.33. The zero-order valence-electron chi connectivity index (χ0n) is 14.8. The molecule has 26 heavy (non-hydrogen) atoms. The summed E-state index contributed by atoms with van der Waals surface area (Å²) in [6.07, 6.45) is 6.18. The zero-order chi connectivity index (χ0) is 17.9. The summed E-state index contributed by atoms with van der Waals surface area (Å²) in [5, 5.41) is 3.01. The summed E-state index contributed by atoms with van der Waals surface area (Å²) in [4.78, 5) is 28.6. The molecule has 1 saturated carbocycles. The quantitative estimate of drug-likeness (QED) is 0.888. The van der Waals surface area contributed by atoms with Crippen molar-refractivity contribution in [1.82, 2.24) is 19.7 Å². The number of benzene rings is 1. The van der Waals surface area contributed by atoms with Crippen molar-refractivity contribution in [1.29, 1.82) is 0 Å². The third-order valence-electron chi connectivity index (χ3n) is 4.99. The summed E-state index contributed by atoms with van der Waals surface area (Å²) < 4.78 is 2.01. The highest BCUT2D eigenvalue weighted by molar-refractivity contribution is 5.94. The van der Waals surface area contributed by atoms with Gasteiger partial charge in [0.2, 0.25) is 5.91 Å². The standard InChI is InChI=1S/C20H24N4O2/c25-19(21-17-5-6-17)15-22-11-13-24(14-12-22)20(26)16-3-7-18(8-4-16)23-9-1-2-10-23/h1-4,7-10,17H,5-6,11-15H2,(H,21,25). The van der Waals surface area contributed by atoms with Crippen molar-refractivity contribution in [2.24, 2.45) is 0 Å². The van der Waals surface area contributed by atoms with Gasteiger partial charge in [0, 0.05) is 55.9 Å². The van der Waals surface area contributed by atoms with Gasteiger partial charge in [0.05, 0.1) is 6.54 Å². The van der Waals surface area contributed by atoms with Gasteiger partial charge in [-0.25, -0.2) is 0 Å². The lowest BCUT2D eigenvalue weighted by Gasteiger charge is -2.34. The largest absolute Gasteiger partial charge is 0.352 e. The Morgan fingerprint density at radius 3 is 2.23 bits per heavy atom. The molecule has 1 saturated heterocycles. The molecule has 2 aromatic rings. The highest BCUT2D eigenvalue weighted by Gasteiger charge is 2.26. The Morgan fingerprint density at radius 2 is 1.62 bits per heavy atom. The van der Waals surface area contributed by atoms with Gasteiger partial charge in [-0.1, -0.05) is 0 Å². The minimum atomic E-state index is 0.0612. The van der Waals surface area contributed by atoms with Crippen molar-refractivity contribution in [3.05, 3.63) is 54.4 Å². The number of hydrogen-bond donors (Lipinski definition) is 1. The third kappa shape index (κ3) is 3.96. The van der Waals surface area contributed by atoms with Crippen LogP contribution >= 0.6 is 0 Å². The molecular formula is C20H24N4O2. The molecule has 2 amide bonds. The van der Waals surface area contributed by atoms with E-state index < -0.39 is 0 Å². The molecule has 0 spiro atoms. The summed E-state index contributed by atoms with van der Waals surface area (Å²) in [6, 6.07) is 12.0. The fourth-order valence-electron chi connectivity index (χ4n) is 3.28. The maximum absolute atomic E-state index is 12.7. The maximum atomic E-state index is 12.7. The Bertz CT molecular complexity index is 758. The predicted molar refractivity (Wildman–Crippen MR) is 99.3 cm³/mol. The highest BCUT2D eigenvalue weighted by Crippen LogP contribution is 2.18. The van der Waals surface area contributed by atoms with E-state index in [-0.39, 0.29) is 11.8 Å². The van der Waals surface area contributed by atoms with Crippen LogP contribution in [0.15, 0.2) is 48.8 Å². The van der Waals surface area contributed by atoms with E-state index in [1.807, 2.05) is 58.3 Å². The second-order valence-electron chi connectivity index (χ2n) is 7.05. The molecule has 0 bridgehead atoms. The van der Waals surface area contributed by atoms with Gasteiger partial charge in [0.15, 0.2) is 0 Å². The first-order valence-electron chi connectivity index (χ1n) is 9.23. The van der Waals surface area contributed by atoms with Crippen LogP contribution in [0.2, 0.25) is 0 Å². The van der Waals surface area contributed by atoms with Crippen molar-refractivity contribution in [3.8, 4) is 5.69 Å². The van der Waals surface area contributed by atoms with Crippen LogP contribution in [0.4, 0.5) is 0 Å². The number of carbonyl (C=O) groups is 2. The van der Waals surface area contributed by atoms with Gasteiger partial charge >= 0.3 is 0 Å². The van der Waals surface area contributed by atoms with Gasteiger partial charge in [-0.2, -0.15) is 0 Å². The first kappa shape index (κ1) is 16.8. The van der Waals surface area contributed by atoms with E-state index in [1.54, 1.807) is 0 Å². The van der Waals surface area contributed by atoms with Crippen LogP contribution < -0.4 is 5.32 Å². The van der Waals surface area contributed by atoms with Gasteiger partial charge in [-0.3, -0.25) is 14.5 Å². The lowest BCUT2D eigenvalue weighted by atomic mass is 10.1. The van der Waals surface area contributed by atoms with E-state index in [0.29, 0.717) is 31.2 Å². The minimum Gasteiger partial charge on any atom is -0.352 e. The van der Waals surface area contributed by atoms with Crippen LogP contribution in [0.1, 0.15) is 23.2 Å². The Kier molecular flexibility index (Phi) is 4.75. The minimum absolute atomic E-state index is 0.0612. The van der Waals surface area contributed by atoms with E-state index in [0.717, 1.165) is 31.6 Å². The number of nitrogens with zero attached hydrogens (tertiary/aromatic N) is 3. The van der Waals surface area contributed by atoms with E-state index in [9.17, 15) is 9.59 Å². The summed E-state index contributed by atoms with van der Waals surface area (Å²) in [5.74, 6) is 0.166. The molecule has 1 aliphatic carbocycles. The molecule has 4 rings (SSSR count). The van der Waals surface area contributed by atoms with Crippen molar-refractivity contribution >= 4 is 11.8 Å². The van der Waals surface area contributed by atoms with Gasteiger partial charge in [-0.15, -0.1) is 0 Å². The van der Waals surface area contributed by atoms with E-state index in [2.05, 4.69) is 10.2 Å². The molecule has 1 aliphatic heterocycles. The molecule has 136 valence electrons. The first-order chi connectivity index (χ1) is 12.7. The van der Waals surface area contributed by atoms with Gasteiger partial charge in [0.25, 0.3) is 5.91 Å². The van der Waals surface area contributed by atoms with Crippen molar-refractivity contribution in [2.75, 3.05) is 32.7 Å². The van der Waals surface area contributed by atoms with Crippen molar-refractivity contribution < 1.29 is 9.59 Å². The average molecular weight is 352 g/mol. The fourth-order valence-corrected chi connectivity index (χ4v) is 3.28. The lowest BCUT2D eigenvalue weighted by Crippen LogP contribution is -2.51. The number of piperazine rings is 1. The average Bonchev–Trinajstić information content (AvgIpc) is 3.30. The molecule has 0 radical (unpaired) electrons. The molecule has 1 aromatic carbocycles. The molecule has 6 heteroatoms. The van der Waals surface area contributed by atoms with E-state index in [4.69, 9.17) is 0 Å². The monoisotopic (exact) mass is 352 g/mol. The van der Waals surface area contributed by atoms with Crippen LogP contribution in [0.5, 0.6) is 0 Å². The smallest absolute Gasteiger partial charge is 0.253 e. The van der Waals surface area contributed by atoms with Crippen LogP contribution in [0.3, 0.4) is 0 Å². The van der Waals surface area contributed by atoms with E-state index in [1.165, 1.54) is 0 Å².